The first-order valence-electron chi connectivity index (χ1n) is 14.7. The summed E-state index contributed by atoms with van der Waals surface area (Å²) in [7, 11) is 1.77. The third kappa shape index (κ3) is 5.26. The molecule has 0 spiro atoms. The summed E-state index contributed by atoms with van der Waals surface area (Å²) in [4.78, 5) is 17.8. The summed E-state index contributed by atoms with van der Waals surface area (Å²) in [6, 6.07) is 15.2. The van der Waals surface area contributed by atoms with Crippen LogP contribution < -0.4 is 0 Å². The first-order chi connectivity index (χ1) is 19.7. The maximum atomic E-state index is 14.5. The number of amides is 1. The molecule has 3 aliphatic rings. The molecule has 1 amide bonds. The summed E-state index contributed by atoms with van der Waals surface area (Å²) < 4.78 is 24.0. The second-order valence-electron chi connectivity index (χ2n) is 12.5. The van der Waals surface area contributed by atoms with Crippen molar-refractivity contribution in [1.82, 2.24) is 19.0 Å². The normalized spacial score (nSPS) is 22.1. The summed E-state index contributed by atoms with van der Waals surface area (Å²) >= 11 is -0.584. The molecule has 2 aliphatic heterocycles. The van der Waals surface area contributed by atoms with Crippen LogP contribution in [0.2, 0.25) is 0 Å². The van der Waals surface area contributed by atoms with E-state index < -0.39 is 16.8 Å². The van der Waals surface area contributed by atoms with Crippen LogP contribution in [0, 0.1) is 11.2 Å². The van der Waals surface area contributed by atoms with Crippen LogP contribution in [0.25, 0.3) is 11.8 Å². The van der Waals surface area contributed by atoms with Crippen LogP contribution in [0.4, 0.5) is 4.39 Å². The number of hydrogen-bond donors (Lipinski definition) is 0. The Morgan fingerprint density at radius 1 is 1.00 bits per heavy atom. The number of likely N-dealkylation sites (tertiary alicyclic amines) is 1. The number of fused-ring (bicyclic) bond motifs is 2. The number of aromatic nitrogens is 2. The van der Waals surface area contributed by atoms with Gasteiger partial charge in [0.25, 0.3) is 11.4 Å². The fourth-order valence-electron chi connectivity index (χ4n) is 6.55. The van der Waals surface area contributed by atoms with Gasteiger partial charge in [0.15, 0.2) is 0 Å². The molecule has 1 aliphatic carbocycles. The average Bonchev–Trinajstić information content (AvgIpc) is 3.38. The summed E-state index contributed by atoms with van der Waals surface area (Å²) in [5, 5.41) is 4.69. The molecule has 2 atom stereocenters. The summed E-state index contributed by atoms with van der Waals surface area (Å²) in [5.41, 5.74) is 4.74. The zero-order chi connectivity index (χ0) is 28.8. The lowest BCUT2D eigenvalue weighted by atomic mass is 9.67. The maximum absolute atomic E-state index is 14.5. The molecule has 41 heavy (non-hydrogen) atoms. The number of halogens is 1. The minimum Gasteiger partial charge on any atom is -0.342 e. The van der Waals surface area contributed by atoms with Gasteiger partial charge in [0.1, 0.15) is 5.82 Å². The third-order valence-electron chi connectivity index (χ3n) is 8.82. The van der Waals surface area contributed by atoms with Gasteiger partial charge in [-0.15, -0.1) is 0 Å². The van der Waals surface area contributed by atoms with E-state index in [1.807, 2.05) is 10.9 Å². The van der Waals surface area contributed by atoms with Gasteiger partial charge in [-0.3, -0.25) is 4.79 Å². The van der Waals surface area contributed by atoms with Gasteiger partial charge in [0.2, 0.25) is 10.8 Å². The van der Waals surface area contributed by atoms with E-state index in [1.54, 1.807) is 19.2 Å². The Hall–Kier alpha value is -2.94. The van der Waals surface area contributed by atoms with E-state index in [-0.39, 0.29) is 17.1 Å². The maximum Gasteiger partial charge on any atom is 0.280 e. The molecule has 6 nitrogen and oxygen atoms in total. The zero-order valence-corrected chi connectivity index (χ0v) is 25.3. The first-order valence-corrected chi connectivity index (χ1v) is 15.8. The van der Waals surface area contributed by atoms with E-state index in [4.69, 9.17) is 9.28 Å². The average molecular weight is 576 g/mol. The van der Waals surface area contributed by atoms with Crippen LogP contribution in [-0.2, 0) is 32.2 Å². The molecule has 1 aromatic heterocycles. The quantitative estimate of drug-likeness (QED) is 0.345. The lowest BCUT2D eigenvalue weighted by molar-refractivity contribution is -0.142. The Morgan fingerprint density at radius 2 is 1.71 bits per heavy atom. The molecule has 8 heteroatoms. The van der Waals surface area contributed by atoms with Crippen molar-refractivity contribution in [3.8, 4) is 5.69 Å². The predicted octanol–water partition coefficient (Wildman–Crippen LogP) is 6.11. The van der Waals surface area contributed by atoms with Gasteiger partial charge in [0, 0.05) is 13.1 Å². The molecule has 0 saturated carbocycles. The standard InChI is InChI=1S/C33H40FN4O2S/c1-32(2,3)25-8-14-29(15-9-25)41(40-4)37-19-16-26-20-30-24(22-35-38(30)28-12-10-27(34)11-13-28)21-33(26,23-37)31(39)36-17-6-5-7-18-36/h8-15,20,22H,5-7,16-19,21,23H2,1-4H3/q+1. The molecule has 6 rings (SSSR count). The number of rotatable bonds is 5. The highest BCUT2D eigenvalue weighted by molar-refractivity contribution is 7.90. The van der Waals surface area contributed by atoms with Crippen LogP contribution in [0.1, 0.15) is 63.3 Å². The van der Waals surface area contributed by atoms with Crippen molar-refractivity contribution < 1.29 is 13.4 Å². The fourth-order valence-corrected chi connectivity index (χ4v) is 8.21. The van der Waals surface area contributed by atoms with Crippen molar-refractivity contribution in [1.29, 1.82) is 0 Å². The van der Waals surface area contributed by atoms with Gasteiger partial charge in [-0.05, 0) is 96.7 Å². The molecular formula is C33H40FN4O2S+. The van der Waals surface area contributed by atoms with Crippen molar-refractivity contribution >= 4 is 23.3 Å². The fraction of sp³-hybridized carbons (Fsp3) is 0.455. The summed E-state index contributed by atoms with van der Waals surface area (Å²) in [6.45, 7) is 9.72. The molecule has 0 N–H and O–H groups in total. The number of nitrogens with zero attached hydrogens (tertiary/aromatic N) is 4. The van der Waals surface area contributed by atoms with E-state index in [2.05, 4.69) is 60.3 Å². The SMILES string of the molecule is CO[S+](c1ccc(C(C)(C)C)cc1)N1CCC2=Cc3c(cnn3-c3ccc(F)cc3)CC2(C(=O)N2CCCCC2)C1. The third-order valence-corrected chi connectivity index (χ3v) is 10.6. The van der Waals surface area contributed by atoms with Crippen molar-refractivity contribution in [3.63, 3.8) is 0 Å². The Kier molecular flexibility index (Phi) is 7.59. The lowest BCUT2D eigenvalue weighted by Crippen LogP contribution is -2.58. The van der Waals surface area contributed by atoms with Crippen molar-refractivity contribution in [2.75, 3.05) is 33.3 Å². The van der Waals surface area contributed by atoms with Crippen LogP contribution in [0.5, 0.6) is 0 Å². The van der Waals surface area contributed by atoms with Gasteiger partial charge in [-0.2, -0.15) is 9.28 Å². The second kappa shape index (κ2) is 11.0. The second-order valence-corrected chi connectivity index (χ2v) is 14.3. The van der Waals surface area contributed by atoms with E-state index in [0.717, 1.165) is 60.7 Å². The van der Waals surface area contributed by atoms with Gasteiger partial charge in [-0.25, -0.2) is 9.07 Å². The van der Waals surface area contributed by atoms with Gasteiger partial charge < -0.3 is 4.90 Å². The van der Waals surface area contributed by atoms with Crippen molar-refractivity contribution in [2.24, 2.45) is 5.41 Å². The highest BCUT2D eigenvalue weighted by Gasteiger charge is 2.54. The van der Waals surface area contributed by atoms with E-state index in [1.165, 1.54) is 29.7 Å². The molecule has 0 radical (unpaired) electrons. The van der Waals surface area contributed by atoms with Crippen LogP contribution in [0.15, 0.2) is 65.2 Å². The van der Waals surface area contributed by atoms with E-state index >= 15 is 0 Å². The van der Waals surface area contributed by atoms with Crippen molar-refractivity contribution in [2.45, 2.75) is 63.2 Å². The smallest absolute Gasteiger partial charge is 0.280 e. The Labute approximate surface area is 245 Å². The molecule has 3 aromatic rings. The zero-order valence-electron chi connectivity index (χ0n) is 24.5. The lowest BCUT2D eigenvalue weighted by Gasteiger charge is -2.46. The number of benzene rings is 2. The van der Waals surface area contributed by atoms with Crippen LogP contribution >= 0.6 is 0 Å². The molecular weight excluding hydrogens is 535 g/mol. The molecule has 3 heterocycles. The number of piperidine rings is 2. The highest BCUT2D eigenvalue weighted by atomic mass is 32.2. The van der Waals surface area contributed by atoms with E-state index in [9.17, 15) is 9.18 Å². The number of carbonyl (C=O) groups excluding carboxylic acids is 1. The monoisotopic (exact) mass is 575 g/mol. The minimum atomic E-state index is -0.658. The molecule has 2 fully saturated rings. The molecule has 0 bridgehead atoms. The van der Waals surface area contributed by atoms with E-state index in [0.29, 0.717) is 13.0 Å². The highest BCUT2D eigenvalue weighted by Crippen LogP contribution is 2.47. The largest absolute Gasteiger partial charge is 0.342 e. The number of carbonyl (C=O) groups is 1. The first kappa shape index (κ1) is 28.2. The number of hydrogen-bond acceptors (Lipinski definition) is 4. The Bertz CT molecular complexity index is 1440. The van der Waals surface area contributed by atoms with Crippen LogP contribution in [-0.4, -0.2) is 58.2 Å². The van der Waals surface area contributed by atoms with Crippen LogP contribution in [0.3, 0.4) is 0 Å². The van der Waals surface area contributed by atoms with Gasteiger partial charge >= 0.3 is 0 Å². The summed E-state index contributed by atoms with van der Waals surface area (Å²) in [5.74, 6) is -0.0377. The Morgan fingerprint density at radius 3 is 2.37 bits per heavy atom. The van der Waals surface area contributed by atoms with Gasteiger partial charge in [-0.1, -0.05) is 37.2 Å². The molecule has 2 unspecified atom stereocenters. The predicted molar refractivity (Wildman–Crippen MR) is 162 cm³/mol. The summed E-state index contributed by atoms with van der Waals surface area (Å²) in [6.07, 6.45) is 8.75. The van der Waals surface area contributed by atoms with Gasteiger partial charge in [0.05, 0.1) is 43.2 Å². The van der Waals surface area contributed by atoms with Crippen molar-refractivity contribution in [3.05, 3.63) is 82.9 Å². The molecule has 2 saturated heterocycles. The molecule has 2 aromatic carbocycles. The topological polar surface area (TPSA) is 50.6 Å². The molecule has 216 valence electrons. The Balaban J connectivity index is 1.36. The minimum absolute atomic E-state index is 0.0815.